The molecule has 9 heteroatoms. The molecular weight excluding hydrogens is 392 g/mol. The van der Waals surface area contributed by atoms with Gasteiger partial charge in [-0.3, -0.25) is 9.48 Å². The van der Waals surface area contributed by atoms with Gasteiger partial charge in [-0.15, -0.1) is 0 Å². The smallest absolute Gasteiger partial charge is 0.221 e. The average molecular weight is 419 g/mol. The lowest BCUT2D eigenvalue weighted by Gasteiger charge is -2.12. The predicted molar refractivity (Wildman–Crippen MR) is 121 cm³/mol. The number of aryl methyl sites for hydroxylation is 2. The quantitative estimate of drug-likeness (QED) is 0.505. The van der Waals surface area contributed by atoms with E-state index >= 15 is 0 Å². The Morgan fingerprint density at radius 2 is 1.74 bits per heavy atom. The Balaban J connectivity index is 1.83. The summed E-state index contributed by atoms with van der Waals surface area (Å²) in [5.41, 5.74) is 5.82. The van der Waals surface area contributed by atoms with Crippen molar-refractivity contribution in [3.8, 4) is 11.4 Å². The zero-order valence-electron chi connectivity index (χ0n) is 18.6. The number of carbonyl (C=O) groups is 1. The zero-order valence-corrected chi connectivity index (χ0v) is 18.6. The number of nitrogens with one attached hydrogen (secondary N) is 2. The number of hydrogen-bond acceptors (Lipinski definition) is 6. The molecule has 0 aliphatic rings. The summed E-state index contributed by atoms with van der Waals surface area (Å²) in [6.07, 6.45) is 1.79. The third kappa shape index (κ3) is 3.86. The number of fused-ring (bicyclic) bond motifs is 1. The van der Waals surface area contributed by atoms with Crippen LogP contribution in [0, 0.1) is 13.8 Å². The van der Waals surface area contributed by atoms with Gasteiger partial charge in [0.25, 0.3) is 0 Å². The van der Waals surface area contributed by atoms with E-state index in [2.05, 4.69) is 34.6 Å². The van der Waals surface area contributed by atoms with Crippen molar-refractivity contribution in [2.24, 2.45) is 7.05 Å². The Hall–Kier alpha value is -3.75. The highest BCUT2D eigenvalue weighted by molar-refractivity contribution is 5.90. The second-order valence-corrected chi connectivity index (χ2v) is 7.87. The van der Waals surface area contributed by atoms with Crippen molar-refractivity contribution >= 4 is 34.3 Å². The molecule has 4 aromatic rings. The monoisotopic (exact) mass is 418 g/mol. The first kappa shape index (κ1) is 20.5. The number of aromatic nitrogens is 6. The summed E-state index contributed by atoms with van der Waals surface area (Å²) in [5.74, 6) is 1.12. The molecule has 3 heterocycles. The molecule has 4 rings (SSSR count). The van der Waals surface area contributed by atoms with Crippen molar-refractivity contribution in [3.63, 3.8) is 0 Å². The van der Waals surface area contributed by atoms with Gasteiger partial charge in [-0.05, 0) is 52.0 Å². The molecule has 31 heavy (non-hydrogen) atoms. The van der Waals surface area contributed by atoms with Crippen LogP contribution in [0.3, 0.4) is 0 Å². The minimum atomic E-state index is -0.107. The van der Waals surface area contributed by atoms with Gasteiger partial charge < -0.3 is 15.2 Å². The lowest BCUT2D eigenvalue weighted by molar-refractivity contribution is -0.114. The normalized spacial score (nSPS) is 11.3. The number of amides is 1. The summed E-state index contributed by atoms with van der Waals surface area (Å²) in [4.78, 5) is 25.5. The third-order valence-corrected chi connectivity index (χ3v) is 5.18. The first-order chi connectivity index (χ1) is 14.7. The van der Waals surface area contributed by atoms with Crippen LogP contribution < -0.4 is 10.6 Å². The van der Waals surface area contributed by atoms with Gasteiger partial charge in [-0.1, -0.05) is 0 Å². The van der Waals surface area contributed by atoms with Crippen LogP contribution in [0.2, 0.25) is 0 Å². The van der Waals surface area contributed by atoms with E-state index in [1.807, 2.05) is 54.4 Å². The summed E-state index contributed by atoms with van der Waals surface area (Å²) < 4.78 is 3.87. The molecule has 1 amide bonds. The molecule has 0 saturated carbocycles. The van der Waals surface area contributed by atoms with Crippen molar-refractivity contribution in [1.82, 2.24) is 29.3 Å². The topological polar surface area (TPSA) is 103 Å². The van der Waals surface area contributed by atoms with Crippen molar-refractivity contribution in [3.05, 3.63) is 42.0 Å². The third-order valence-electron chi connectivity index (χ3n) is 5.18. The van der Waals surface area contributed by atoms with E-state index in [1.54, 1.807) is 6.33 Å². The minimum Gasteiger partial charge on any atom is -0.338 e. The first-order valence-electron chi connectivity index (χ1n) is 10.1. The van der Waals surface area contributed by atoms with Gasteiger partial charge in [0.1, 0.15) is 0 Å². The van der Waals surface area contributed by atoms with E-state index in [0.29, 0.717) is 17.2 Å². The molecule has 0 aliphatic heterocycles. The fraction of sp³-hybridized carbons (Fsp3) is 0.318. The maximum absolute atomic E-state index is 11.3. The zero-order chi connectivity index (χ0) is 22.3. The Morgan fingerprint density at radius 1 is 1.06 bits per heavy atom. The van der Waals surface area contributed by atoms with Crippen LogP contribution in [-0.4, -0.2) is 35.2 Å². The summed E-state index contributed by atoms with van der Waals surface area (Å²) in [6, 6.07) is 7.65. The highest BCUT2D eigenvalue weighted by atomic mass is 16.1. The van der Waals surface area contributed by atoms with E-state index in [-0.39, 0.29) is 11.9 Å². The Kier molecular flexibility index (Phi) is 5.18. The van der Waals surface area contributed by atoms with Crippen molar-refractivity contribution in [2.45, 2.75) is 40.7 Å². The fourth-order valence-corrected chi connectivity index (χ4v) is 3.57. The van der Waals surface area contributed by atoms with E-state index in [4.69, 9.17) is 9.97 Å². The first-order valence-corrected chi connectivity index (χ1v) is 10.1. The maximum Gasteiger partial charge on any atom is 0.221 e. The van der Waals surface area contributed by atoms with Gasteiger partial charge in [0, 0.05) is 37.1 Å². The lowest BCUT2D eigenvalue weighted by atomic mass is 10.2. The number of carbonyl (C=O) groups excluding carboxylic acids is 1. The van der Waals surface area contributed by atoms with E-state index in [9.17, 15) is 4.79 Å². The van der Waals surface area contributed by atoms with Crippen LogP contribution in [0.5, 0.6) is 0 Å². The number of rotatable bonds is 5. The van der Waals surface area contributed by atoms with Gasteiger partial charge in [0.15, 0.2) is 22.8 Å². The van der Waals surface area contributed by atoms with Crippen molar-refractivity contribution in [2.75, 3.05) is 10.6 Å². The molecule has 9 nitrogen and oxygen atoms in total. The minimum absolute atomic E-state index is 0.107. The van der Waals surface area contributed by atoms with E-state index < -0.39 is 0 Å². The number of benzene rings is 1. The molecule has 0 aliphatic carbocycles. The van der Waals surface area contributed by atoms with Gasteiger partial charge in [-0.25, -0.2) is 15.0 Å². The predicted octanol–water partition coefficient (Wildman–Crippen LogP) is 4.13. The second-order valence-electron chi connectivity index (χ2n) is 7.87. The fourth-order valence-electron chi connectivity index (χ4n) is 3.57. The SMILES string of the molecule is CC(=O)Nc1ccc(Nc2nc(-c3c(C)nn(C)c3C)nc3c2ncn3C(C)C)cc1. The van der Waals surface area contributed by atoms with Crippen molar-refractivity contribution in [1.29, 1.82) is 0 Å². The lowest BCUT2D eigenvalue weighted by Crippen LogP contribution is -2.06. The van der Waals surface area contributed by atoms with Crippen LogP contribution in [-0.2, 0) is 11.8 Å². The van der Waals surface area contributed by atoms with E-state index in [0.717, 1.165) is 34.0 Å². The summed E-state index contributed by atoms with van der Waals surface area (Å²) in [6.45, 7) is 9.65. The molecular formula is C22H26N8O. The Morgan fingerprint density at radius 3 is 2.32 bits per heavy atom. The van der Waals surface area contributed by atoms with Gasteiger partial charge in [0.2, 0.25) is 5.91 Å². The number of imidazole rings is 1. The van der Waals surface area contributed by atoms with Gasteiger partial charge in [-0.2, -0.15) is 5.10 Å². The highest BCUT2D eigenvalue weighted by Crippen LogP contribution is 2.30. The summed E-state index contributed by atoms with van der Waals surface area (Å²) in [5, 5.41) is 10.7. The molecule has 0 bridgehead atoms. The van der Waals surface area contributed by atoms with Crippen molar-refractivity contribution < 1.29 is 4.79 Å². The van der Waals surface area contributed by atoms with Crippen LogP contribution in [0.4, 0.5) is 17.2 Å². The number of nitrogens with zero attached hydrogens (tertiary/aromatic N) is 6. The molecule has 0 fully saturated rings. The van der Waals surface area contributed by atoms with Crippen LogP contribution in [0.15, 0.2) is 30.6 Å². The second kappa shape index (κ2) is 7.82. The molecule has 0 radical (unpaired) electrons. The molecule has 0 spiro atoms. The summed E-state index contributed by atoms with van der Waals surface area (Å²) in [7, 11) is 1.92. The summed E-state index contributed by atoms with van der Waals surface area (Å²) >= 11 is 0. The largest absolute Gasteiger partial charge is 0.338 e. The highest BCUT2D eigenvalue weighted by Gasteiger charge is 2.20. The average Bonchev–Trinajstić information content (AvgIpc) is 3.23. The standard InChI is InChI=1S/C22H26N8O/c1-12(2)30-11-23-19-21(25-17-9-7-16(8-10-17)24-15(5)31)26-20(27-22(19)30)18-13(3)28-29(6)14(18)4/h7-12H,1-6H3,(H,24,31)(H,25,26,27). The molecule has 3 aromatic heterocycles. The van der Waals surface area contributed by atoms with E-state index in [1.165, 1.54) is 6.92 Å². The molecule has 0 atom stereocenters. The van der Waals surface area contributed by atoms with Crippen LogP contribution in [0.1, 0.15) is 38.2 Å². The molecule has 160 valence electrons. The molecule has 2 N–H and O–H groups in total. The molecule has 0 saturated heterocycles. The number of hydrogen-bond donors (Lipinski definition) is 2. The molecule has 1 aromatic carbocycles. The Bertz CT molecular complexity index is 1270. The van der Waals surface area contributed by atoms with Gasteiger partial charge >= 0.3 is 0 Å². The Labute approximate surface area is 180 Å². The number of anilines is 3. The molecule has 0 unspecified atom stereocenters. The van der Waals surface area contributed by atoms with Crippen LogP contribution >= 0.6 is 0 Å². The van der Waals surface area contributed by atoms with Crippen LogP contribution in [0.25, 0.3) is 22.6 Å². The maximum atomic E-state index is 11.3. The van der Waals surface area contributed by atoms with Gasteiger partial charge in [0.05, 0.1) is 17.6 Å².